The number of nitrogens with zero attached hydrogens (tertiary/aromatic N) is 2. The molecule has 5 heteroatoms. The van der Waals surface area contributed by atoms with Gasteiger partial charge in [-0.3, -0.25) is 9.69 Å². The highest BCUT2D eigenvalue weighted by molar-refractivity contribution is 5.85. The Morgan fingerprint density at radius 3 is 2.26 bits per heavy atom. The molecule has 0 unspecified atom stereocenters. The van der Waals surface area contributed by atoms with E-state index in [1.807, 2.05) is 6.07 Å². The van der Waals surface area contributed by atoms with Crippen molar-refractivity contribution in [2.75, 3.05) is 32.7 Å². The standard InChI is InChI=1S/C18H30N4O/c1-4-21-9-11-22(12-10-21)14-16-8-6-5-7-15(16)13-20-17(23)18(2,3)19/h5-8H,4,9-14,19H2,1-3H3,(H,20,23). The number of carbonyl (C=O) groups is 1. The average Bonchev–Trinajstić information content (AvgIpc) is 2.53. The average molecular weight is 318 g/mol. The Labute approximate surface area is 139 Å². The van der Waals surface area contributed by atoms with Gasteiger partial charge in [0.2, 0.25) is 5.91 Å². The highest BCUT2D eigenvalue weighted by Gasteiger charge is 2.22. The highest BCUT2D eigenvalue weighted by Crippen LogP contribution is 2.14. The van der Waals surface area contributed by atoms with Crippen LogP contribution in [0.2, 0.25) is 0 Å². The second-order valence-electron chi connectivity index (χ2n) is 6.88. The van der Waals surface area contributed by atoms with Gasteiger partial charge in [-0.1, -0.05) is 31.2 Å². The Kier molecular flexibility index (Phi) is 6.16. The van der Waals surface area contributed by atoms with E-state index in [1.165, 1.54) is 11.1 Å². The van der Waals surface area contributed by atoms with Crippen molar-refractivity contribution in [1.82, 2.24) is 15.1 Å². The third-order valence-electron chi connectivity index (χ3n) is 4.45. The molecule has 0 atom stereocenters. The van der Waals surface area contributed by atoms with Gasteiger partial charge >= 0.3 is 0 Å². The van der Waals surface area contributed by atoms with Crippen molar-refractivity contribution in [3.63, 3.8) is 0 Å². The van der Waals surface area contributed by atoms with Crippen LogP contribution >= 0.6 is 0 Å². The summed E-state index contributed by atoms with van der Waals surface area (Å²) in [6.45, 7) is 12.7. The Morgan fingerprint density at radius 2 is 1.70 bits per heavy atom. The number of benzene rings is 1. The summed E-state index contributed by atoms with van der Waals surface area (Å²) >= 11 is 0. The van der Waals surface area contributed by atoms with E-state index in [4.69, 9.17) is 5.73 Å². The van der Waals surface area contributed by atoms with E-state index in [9.17, 15) is 4.79 Å². The van der Waals surface area contributed by atoms with E-state index in [1.54, 1.807) is 13.8 Å². The molecule has 1 aromatic rings. The van der Waals surface area contributed by atoms with Gasteiger partial charge in [0.25, 0.3) is 0 Å². The van der Waals surface area contributed by atoms with Crippen LogP contribution in [0.5, 0.6) is 0 Å². The van der Waals surface area contributed by atoms with Crippen LogP contribution in [0.4, 0.5) is 0 Å². The van der Waals surface area contributed by atoms with E-state index >= 15 is 0 Å². The number of likely N-dealkylation sites (N-methyl/N-ethyl adjacent to an activating group) is 1. The first-order valence-electron chi connectivity index (χ1n) is 8.49. The van der Waals surface area contributed by atoms with Crippen molar-refractivity contribution < 1.29 is 4.79 Å². The zero-order valence-corrected chi connectivity index (χ0v) is 14.6. The number of piperazine rings is 1. The molecule has 1 fully saturated rings. The minimum Gasteiger partial charge on any atom is -0.350 e. The van der Waals surface area contributed by atoms with Crippen LogP contribution < -0.4 is 11.1 Å². The maximum absolute atomic E-state index is 12.0. The van der Waals surface area contributed by atoms with Crippen LogP contribution in [-0.4, -0.2) is 54.0 Å². The lowest BCUT2D eigenvalue weighted by Gasteiger charge is -2.34. The van der Waals surface area contributed by atoms with Crippen molar-refractivity contribution in [3.05, 3.63) is 35.4 Å². The van der Waals surface area contributed by atoms with Crippen molar-refractivity contribution in [1.29, 1.82) is 0 Å². The number of hydrogen-bond donors (Lipinski definition) is 2. The molecule has 2 rings (SSSR count). The molecule has 1 amide bonds. The molecule has 1 aliphatic rings. The van der Waals surface area contributed by atoms with Crippen molar-refractivity contribution in [2.45, 2.75) is 39.4 Å². The van der Waals surface area contributed by atoms with Gasteiger partial charge < -0.3 is 16.0 Å². The molecule has 23 heavy (non-hydrogen) atoms. The molecule has 0 radical (unpaired) electrons. The monoisotopic (exact) mass is 318 g/mol. The Morgan fingerprint density at radius 1 is 1.13 bits per heavy atom. The van der Waals surface area contributed by atoms with E-state index in [0.29, 0.717) is 6.54 Å². The molecular formula is C18H30N4O. The summed E-state index contributed by atoms with van der Waals surface area (Å²) in [6.07, 6.45) is 0. The molecule has 0 aromatic heterocycles. The fourth-order valence-electron chi connectivity index (χ4n) is 2.79. The minimum atomic E-state index is -0.842. The lowest BCUT2D eigenvalue weighted by atomic mass is 10.0. The molecular weight excluding hydrogens is 288 g/mol. The Hall–Kier alpha value is -1.43. The largest absolute Gasteiger partial charge is 0.350 e. The number of carbonyl (C=O) groups excluding carboxylic acids is 1. The summed E-state index contributed by atoms with van der Waals surface area (Å²) in [5.41, 5.74) is 7.44. The zero-order chi connectivity index (χ0) is 16.9. The molecule has 1 aromatic carbocycles. The number of nitrogens with two attached hydrogens (primary N) is 1. The van der Waals surface area contributed by atoms with Gasteiger partial charge in [0.1, 0.15) is 0 Å². The van der Waals surface area contributed by atoms with Crippen LogP contribution in [0.15, 0.2) is 24.3 Å². The quantitative estimate of drug-likeness (QED) is 0.827. The van der Waals surface area contributed by atoms with Gasteiger partial charge in [-0.05, 0) is 31.5 Å². The van der Waals surface area contributed by atoms with Crippen molar-refractivity contribution >= 4 is 5.91 Å². The fraction of sp³-hybridized carbons (Fsp3) is 0.611. The van der Waals surface area contributed by atoms with E-state index in [-0.39, 0.29) is 5.91 Å². The number of amides is 1. The lowest BCUT2D eigenvalue weighted by molar-refractivity contribution is -0.125. The smallest absolute Gasteiger partial charge is 0.239 e. The predicted molar refractivity (Wildman–Crippen MR) is 93.9 cm³/mol. The Bertz CT molecular complexity index is 516. The number of hydrogen-bond acceptors (Lipinski definition) is 4. The third-order valence-corrected chi connectivity index (χ3v) is 4.45. The summed E-state index contributed by atoms with van der Waals surface area (Å²) in [4.78, 5) is 16.9. The van der Waals surface area contributed by atoms with Crippen molar-refractivity contribution in [2.24, 2.45) is 5.73 Å². The summed E-state index contributed by atoms with van der Waals surface area (Å²) in [6, 6.07) is 8.33. The molecule has 1 saturated heterocycles. The van der Waals surface area contributed by atoms with Crippen molar-refractivity contribution in [3.8, 4) is 0 Å². The molecule has 0 spiro atoms. The normalized spacial score (nSPS) is 17.2. The maximum atomic E-state index is 12.0. The first-order chi connectivity index (χ1) is 10.9. The number of rotatable bonds is 6. The predicted octanol–water partition coefficient (Wildman–Crippen LogP) is 1.18. The summed E-state index contributed by atoms with van der Waals surface area (Å²) in [7, 11) is 0. The lowest BCUT2D eigenvalue weighted by Crippen LogP contribution is -2.49. The van der Waals surface area contributed by atoms with Gasteiger partial charge in [-0.25, -0.2) is 0 Å². The molecule has 0 saturated carbocycles. The van der Waals surface area contributed by atoms with E-state index < -0.39 is 5.54 Å². The molecule has 0 bridgehead atoms. The van der Waals surface area contributed by atoms with Gasteiger partial charge in [-0.2, -0.15) is 0 Å². The minimum absolute atomic E-state index is 0.121. The molecule has 0 aliphatic carbocycles. The van der Waals surface area contributed by atoms with E-state index in [0.717, 1.165) is 39.3 Å². The summed E-state index contributed by atoms with van der Waals surface area (Å²) in [5.74, 6) is -0.121. The third kappa shape index (κ3) is 5.30. The highest BCUT2D eigenvalue weighted by atomic mass is 16.2. The van der Waals surface area contributed by atoms with Crippen LogP contribution in [0.1, 0.15) is 31.9 Å². The van der Waals surface area contributed by atoms with Crippen LogP contribution in [0.25, 0.3) is 0 Å². The fourth-order valence-corrected chi connectivity index (χ4v) is 2.79. The van der Waals surface area contributed by atoms with Crippen LogP contribution in [0.3, 0.4) is 0 Å². The SMILES string of the molecule is CCN1CCN(Cc2ccccc2CNC(=O)C(C)(C)N)CC1. The molecule has 128 valence electrons. The first-order valence-corrected chi connectivity index (χ1v) is 8.49. The number of nitrogens with one attached hydrogen (secondary N) is 1. The second-order valence-corrected chi connectivity index (χ2v) is 6.88. The van der Waals surface area contributed by atoms with Crippen LogP contribution in [-0.2, 0) is 17.9 Å². The zero-order valence-electron chi connectivity index (χ0n) is 14.6. The first kappa shape index (κ1) is 17.9. The maximum Gasteiger partial charge on any atom is 0.239 e. The summed E-state index contributed by atoms with van der Waals surface area (Å²) < 4.78 is 0. The second kappa shape index (κ2) is 7.90. The molecule has 1 heterocycles. The molecule has 5 nitrogen and oxygen atoms in total. The Balaban J connectivity index is 1.94. The van der Waals surface area contributed by atoms with Gasteiger partial charge in [0, 0.05) is 39.3 Å². The van der Waals surface area contributed by atoms with E-state index in [2.05, 4.69) is 40.2 Å². The van der Waals surface area contributed by atoms with Gasteiger partial charge in [0.15, 0.2) is 0 Å². The topological polar surface area (TPSA) is 61.6 Å². The van der Waals surface area contributed by atoms with Crippen LogP contribution in [0, 0.1) is 0 Å². The van der Waals surface area contributed by atoms with Gasteiger partial charge in [0.05, 0.1) is 5.54 Å². The molecule has 1 aliphatic heterocycles. The van der Waals surface area contributed by atoms with Gasteiger partial charge in [-0.15, -0.1) is 0 Å². The summed E-state index contributed by atoms with van der Waals surface area (Å²) in [5, 5.41) is 2.94. The molecule has 3 N–H and O–H groups in total.